The molecule has 1 fully saturated rings. The SMILES string of the molecule is C=CCN1CCC(Cl)C1(C)C. The summed E-state index contributed by atoms with van der Waals surface area (Å²) in [5.74, 6) is 0. The van der Waals surface area contributed by atoms with Crippen molar-refractivity contribution < 1.29 is 0 Å². The Kier molecular flexibility index (Phi) is 2.61. The van der Waals surface area contributed by atoms with Crippen LogP contribution in [0.2, 0.25) is 0 Å². The number of likely N-dealkylation sites (tertiary alicyclic amines) is 1. The van der Waals surface area contributed by atoms with E-state index in [-0.39, 0.29) is 5.54 Å². The normalized spacial score (nSPS) is 30.6. The van der Waals surface area contributed by atoms with Crippen LogP contribution < -0.4 is 0 Å². The second kappa shape index (κ2) is 3.16. The predicted octanol–water partition coefficient (Wildman–Crippen LogP) is 2.26. The fraction of sp³-hybridized carbons (Fsp3) is 0.778. The molecule has 64 valence electrons. The first-order chi connectivity index (χ1) is 5.09. The molecule has 0 aliphatic carbocycles. The lowest BCUT2D eigenvalue weighted by atomic mass is 10.0. The van der Waals surface area contributed by atoms with E-state index in [0.29, 0.717) is 5.38 Å². The van der Waals surface area contributed by atoms with Crippen LogP contribution in [0.3, 0.4) is 0 Å². The van der Waals surface area contributed by atoms with Crippen LogP contribution in [0.15, 0.2) is 12.7 Å². The van der Waals surface area contributed by atoms with E-state index >= 15 is 0 Å². The first-order valence-electron chi connectivity index (χ1n) is 4.09. The smallest absolute Gasteiger partial charge is 0.0526 e. The molecule has 1 unspecified atom stereocenters. The van der Waals surface area contributed by atoms with Crippen molar-refractivity contribution in [1.29, 1.82) is 0 Å². The summed E-state index contributed by atoms with van der Waals surface area (Å²) >= 11 is 6.16. The molecule has 11 heavy (non-hydrogen) atoms. The van der Waals surface area contributed by atoms with Gasteiger partial charge in [-0.15, -0.1) is 18.2 Å². The van der Waals surface area contributed by atoms with Gasteiger partial charge in [-0.25, -0.2) is 0 Å². The van der Waals surface area contributed by atoms with Gasteiger partial charge < -0.3 is 0 Å². The van der Waals surface area contributed by atoms with Gasteiger partial charge in [-0.05, 0) is 20.3 Å². The molecule has 0 amide bonds. The minimum Gasteiger partial charge on any atom is -0.293 e. The van der Waals surface area contributed by atoms with E-state index in [2.05, 4.69) is 25.3 Å². The Bertz CT molecular complexity index is 154. The molecule has 0 aromatic carbocycles. The van der Waals surface area contributed by atoms with Crippen LogP contribution in [-0.2, 0) is 0 Å². The number of nitrogens with zero attached hydrogens (tertiary/aromatic N) is 1. The van der Waals surface area contributed by atoms with Crippen LogP contribution >= 0.6 is 11.6 Å². The van der Waals surface area contributed by atoms with Crippen molar-refractivity contribution in [3.05, 3.63) is 12.7 Å². The Morgan fingerprint density at radius 1 is 1.73 bits per heavy atom. The van der Waals surface area contributed by atoms with Crippen molar-refractivity contribution in [2.45, 2.75) is 31.2 Å². The number of hydrogen-bond acceptors (Lipinski definition) is 1. The molecule has 0 spiro atoms. The Morgan fingerprint density at radius 3 is 2.73 bits per heavy atom. The minimum atomic E-state index is 0.149. The molecule has 0 N–H and O–H groups in total. The standard InChI is InChI=1S/C9H16ClN/c1-4-6-11-7-5-8(10)9(11,2)3/h4,8H,1,5-7H2,2-3H3. The summed E-state index contributed by atoms with van der Waals surface area (Å²) in [4.78, 5) is 2.37. The molecule has 1 aliphatic heterocycles. The third kappa shape index (κ3) is 1.60. The average molecular weight is 174 g/mol. The van der Waals surface area contributed by atoms with Gasteiger partial charge in [0.2, 0.25) is 0 Å². The predicted molar refractivity (Wildman–Crippen MR) is 50.1 cm³/mol. The molecule has 0 aromatic heterocycles. The van der Waals surface area contributed by atoms with Gasteiger partial charge >= 0.3 is 0 Å². The lowest BCUT2D eigenvalue weighted by Crippen LogP contribution is -2.42. The Hall–Kier alpha value is -0.0100. The molecule has 1 nitrogen and oxygen atoms in total. The second-order valence-electron chi connectivity index (χ2n) is 3.64. The maximum absolute atomic E-state index is 6.16. The zero-order chi connectivity index (χ0) is 8.48. The average Bonchev–Trinajstić information content (AvgIpc) is 2.16. The summed E-state index contributed by atoms with van der Waals surface area (Å²) in [7, 11) is 0. The second-order valence-corrected chi connectivity index (χ2v) is 4.17. The van der Waals surface area contributed by atoms with Gasteiger partial charge in [-0.1, -0.05) is 6.08 Å². The summed E-state index contributed by atoms with van der Waals surface area (Å²) in [6, 6.07) is 0. The van der Waals surface area contributed by atoms with Crippen molar-refractivity contribution in [3.63, 3.8) is 0 Å². The van der Waals surface area contributed by atoms with E-state index in [4.69, 9.17) is 11.6 Å². The zero-order valence-corrected chi connectivity index (χ0v) is 8.06. The van der Waals surface area contributed by atoms with Crippen LogP contribution in [0, 0.1) is 0 Å². The van der Waals surface area contributed by atoms with E-state index in [1.807, 2.05) is 6.08 Å². The summed E-state index contributed by atoms with van der Waals surface area (Å²) < 4.78 is 0. The molecule has 0 bridgehead atoms. The lowest BCUT2D eigenvalue weighted by molar-refractivity contribution is 0.197. The van der Waals surface area contributed by atoms with E-state index in [0.717, 1.165) is 19.5 Å². The first kappa shape index (κ1) is 9.08. The van der Waals surface area contributed by atoms with Gasteiger partial charge in [-0.3, -0.25) is 4.90 Å². The van der Waals surface area contributed by atoms with Crippen molar-refractivity contribution in [2.75, 3.05) is 13.1 Å². The van der Waals surface area contributed by atoms with E-state index in [1.165, 1.54) is 0 Å². The molecular weight excluding hydrogens is 158 g/mol. The Labute approximate surface area is 74.0 Å². The van der Waals surface area contributed by atoms with E-state index < -0.39 is 0 Å². The fourth-order valence-electron chi connectivity index (χ4n) is 1.59. The monoisotopic (exact) mass is 173 g/mol. The van der Waals surface area contributed by atoms with Crippen LogP contribution in [0.5, 0.6) is 0 Å². The van der Waals surface area contributed by atoms with Gasteiger partial charge in [-0.2, -0.15) is 0 Å². The quantitative estimate of drug-likeness (QED) is 0.458. The van der Waals surface area contributed by atoms with Gasteiger partial charge in [0.05, 0.1) is 5.38 Å². The maximum Gasteiger partial charge on any atom is 0.0526 e. The summed E-state index contributed by atoms with van der Waals surface area (Å²) in [5.41, 5.74) is 0.149. The summed E-state index contributed by atoms with van der Waals surface area (Å²) in [6.07, 6.45) is 3.04. The lowest BCUT2D eigenvalue weighted by Gasteiger charge is -2.32. The highest BCUT2D eigenvalue weighted by Crippen LogP contribution is 2.32. The highest BCUT2D eigenvalue weighted by Gasteiger charge is 2.38. The van der Waals surface area contributed by atoms with Crippen LogP contribution in [0.25, 0.3) is 0 Å². The molecule has 1 rings (SSSR count). The first-order valence-corrected chi connectivity index (χ1v) is 4.52. The summed E-state index contributed by atoms with van der Waals surface area (Å²) in [6.45, 7) is 10.2. The highest BCUT2D eigenvalue weighted by molar-refractivity contribution is 6.21. The van der Waals surface area contributed by atoms with Gasteiger partial charge in [0.25, 0.3) is 0 Å². The molecule has 0 aromatic rings. The largest absolute Gasteiger partial charge is 0.293 e. The minimum absolute atomic E-state index is 0.149. The number of rotatable bonds is 2. The molecule has 2 heteroatoms. The van der Waals surface area contributed by atoms with Crippen LogP contribution in [-0.4, -0.2) is 28.9 Å². The van der Waals surface area contributed by atoms with Crippen molar-refractivity contribution in [2.24, 2.45) is 0 Å². The number of hydrogen-bond donors (Lipinski definition) is 0. The molecule has 1 aliphatic rings. The fourth-order valence-corrected chi connectivity index (χ4v) is 1.83. The molecule has 1 saturated heterocycles. The maximum atomic E-state index is 6.16. The number of alkyl halides is 1. The van der Waals surface area contributed by atoms with Crippen molar-refractivity contribution >= 4 is 11.6 Å². The topological polar surface area (TPSA) is 3.24 Å². The Balaban J connectivity index is 2.62. The highest BCUT2D eigenvalue weighted by atomic mass is 35.5. The molecule has 1 atom stereocenters. The third-order valence-corrected chi connectivity index (χ3v) is 3.34. The van der Waals surface area contributed by atoms with E-state index in [9.17, 15) is 0 Å². The van der Waals surface area contributed by atoms with Crippen LogP contribution in [0.4, 0.5) is 0 Å². The molecule has 1 heterocycles. The zero-order valence-electron chi connectivity index (χ0n) is 7.31. The molecule has 0 radical (unpaired) electrons. The third-order valence-electron chi connectivity index (χ3n) is 2.58. The van der Waals surface area contributed by atoms with Crippen molar-refractivity contribution in [1.82, 2.24) is 4.90 Å². The summed E-state index contributed by atoms with van der Waals surface area (Å²) in [5, 5.41) is 0.294. The van der Waals surface area contributed by atoms with E-state index in [1.54, 1.807) is 0 Å². The molecule has 0 saturated carbocycles. The Morgan fingerprint density at radius 2 is 2.36 bits per heavy atom. The van der Waals surface area contributed by atoms with Crippen molar-refractivity contribution in [3.8, 4) is 0 Å². The van der Waals surface area contributed by atoms with Gasteiger partial charge in [0, 0.05) is 18.6 Å². The van der Waals surface area contributed by atoms with Crippen LogP contribution in [0.1, 0.15) is 20.3 Å². The molecular formula is C9H16ClN. The number of halogens is 1. The van der Waals surface area contributed by atoms with Gasteiger partial charge in [0.15, 0.2) is 0 Å². The van der Waals surface area contributed by atoms with Gasteiger partial charge in [0.1, 0.15) is 0 Å².